The summed E-state index contributed by atoms with van der Waals surface area (Å²) < 4.78 is 0. The van der Waals surface area contributed by atoms with Gasteiger partial charge < -0.3 is 16.4 Å². The van der Waals surface area contributed by atoms with E-state index in [-0.39, 0.29) is 5.91 Å². The van der Waals surface area contributed by atoms with E-state index >= 15 is 0 Å². The van der Waals surface area contributed by atoms with Gasteiger partial charge in [-0.2, -0.15) is 0 Å². The Hall–Kier alpha value is -1.71. The van der Waals surface area contributed by atoms with E-state index in [1.54, 1.807) is 0 Å². The van der Waals surface area contributed by atoms with Gasteiger partial charge >= 0.3 is 0 Å². The Morgan fingerprint density at radius 1 is 1.44 bits per heavy atom. The number of anilines is 3. The van der Waals surface area contributed by atoms with Gasteiger partial charge in [-0.3, -0.25) is 4.79 Å². The van der Waals surface area contributed by atoms with E-state index in [0.717, 1.165) is 29.2 Å². The topological polar surface area (TPSA) is 67.1 Å². The Labute approximate surface area is 107 Å². The highest BCUT2D eigenvalue weighted by Gasteiger charge is 2.31. The molecule has 1 amide bonds. The van der Waals surface area contributed by atoms with Crippen LogP contribution in [0.15, 0.2) is 12.1 Å². The number of nitrogens with one attached hydrogen (secondary N) is 2. The number of hydrogen-bond donors (Lipinski definition) is 3. The molecule has 4 heteroatoms. The van der Waals surface area contributed by atoms with Crippen LogP contribution in [0, 0.1) is 5.41 Å². The zero-order valence-electron chi connectivity index (χ0n) is 10.7. The van der Waals surface area contributed by atoms with E-state index in [2.05, 4.69) is 17.6 Å². The van der Waals surface area contributed by atoms with Crippen LogP contribution in [0.3, 0.4) is 0 Å². The average Bonchev–Trinajstić information content (AvgIpc) is 2.62. The molecular weight excluding hydrogens is 226 g/mol. The zero-order valence-corrected chi connectivity index (χ0v) is 10.7. The molecule has 1 heterocycles. The molecule has 4 nitrogen and oxygen atoms in total. The molecule has 1 fully saturated rings. The summed E-state index contributed by atoms with van der Waals surface area (Å²) in [6.07, 6.45) is 4.33. The lowest BCUT2D eigenvalue weighted by molar-refractivity contribution is -0.115. The quantitative estimate of drug-likeness (QED) is 0.716. The lowest BCUT2D eigenvalue weighted by Gasteiger charge is -2.38. The minimum Gasteiger partial charge on any atom is -0.397 e. The monoisotopic (exact) mass is 245 g/mol. The fraction of sp³-hybridized carbons (Fsp3) is 0.500. The van der Waals surface area contributed by atoms with E-state index < -0.39 is 0 Å². The second-order valence-electron chi connectivity index (χ2n) is 5.84. The number of carbonyl (C=O) groups is 1. The normalized spacial score (nSPS) is 19.9. The summed E-state index contributed by atoms with van der Waals surface area (Å²) in [5.74, 6) is 0.0486. The highest BCUT2D eigenvalue weighted by Crippen LogP contribution is 2.41. The minimum absolute atomic E-state index is 0.0486. The molecule has 3 rings (SSSR count). The molecule has 0 bridgehead atoms. The van der Waals surface area contributed by atoms with Gasteiger partial charge in [0.15, 0.2) is 0 Å². The molecule has 1 aromatic carbocycles. The van der Waals surface area contributed by atoms with Gasteiger partial charge in [-0.25, -0.2) is 0 Å². The van der Waals surface area contributed by atoms with Crippen LogP contribution in [0.25, 0.3) is 0 Å². The third kappa shape index (κ3) is 1.92. The molecule has 1 aromatic rings. The van der Waals surface area contributed by atoms with Crippen molar-refractivity contribution < 1.29 is 4.79 Å². The Morgan fingerprint density at radius 2 is 2.22 bits per heavy atom. The highest BCUT2D eigenvalue weighted by atomic mass is 16.1. The summed E-state index contributed by atoms with van der Waals surface area (Å²) in [5.41, 5.74) is 10.00. The second kappa shape index (κ2) is 3.90. The Balaban J connectivity index is 1.76. The Bertz CT molecular complexity index is 506. The standard InChI is InChI=1S/C14H19N3O/c1-14(3-2-4-14)8-16-12-7-11-9(5-10(12)15)6-13(18)17-11/h5,7,16H,2-4,6,8,15H2,1H3,(H,17,18). The van der Waals surface area contributed by atoms with Crippen LogP contribution >= 0.6 is 0 Å². The largest absolute Gasteiger partial charge is 0.397 e. The van der Waals surface area contributed by atoms with E-state index in [1.807, 2.05) is 12.1 Å². The van der Waals surface area contributed by atoms with Crippen molar-refractivity contribution in [2.45, 2.75) is 32.6 Å². The molecule has 1 aliphatic carbocycles. The van der Waals surface area contributed by atoms with Crippen LogP contribution < -0.4 is 16.4 Å². The third-order valence-corrected chi connectivity index (χ3v) is 4.17. The molecule has 0 radical (unpaired) electrons. The summed E-state index contributed by atoms with van der Waals surface area (Å²) in [6.45, 7) is 3.25. The van der Waals surface area contributed by atoms with Crippen LogP contribution in [0.5, 0.6) is 0 Å². The first-order chi connectivity index (χ1) is 8.56. The molecule has 1 aliphatic heterocycles. The smallest absolute Gasteiger partial charge is 0.228 e. The summed E-state index contributed by atoms with van der Waals surface area (Å²) in [4.78, 5) is 11.3. The van der Waals surface area contributed by atoms with Crippen molar-refractivity contribution in [3.63, 3.8) is 0 Å². The summed E-state index contributed by atoms with van der Waals surface area (Å²) >= 11 is 0. The SMILES string of the molecule is CC1(CNc2cc3c(cc2N)CC(=O)N3)CCC1. The Morgan fingerprint density at radius 3 is 2.89 bits per heavy atom. The number of benzene rings is 1. The number of nitrogens with two attached hydrogens (primary N) is 1. The van der Waals surface area contributed by atoms with Crippen LogP contribution in [0.1, 0.15) is 31.7 Å². The first kappa shape index (κ1) is 11.4. The minimum atomic E-state index is 0.0486. The van der Waals surface area contributed by atoms with E-state index in [9.17, 15) is 4.79 Å². The van der Waals surface area contributed by atoms with Crippen molar-refractivity contribution >= 4 is 23.0 Å². The number of amides is 1. The first-order valence-corrected chi connectivity index (χ1v) is 6.52. The molecule has 96 valence electrons. The van der Waals surface area contributed by atoms with Gasteiger partial charge in [0.2, 0.25) is 5.91 Å². The fourth-order valence-electron chi connectivity index (χ4n) is 2.71. The van der Waals surface area contributed by atoms with Crippen LogP contribution in [-0.4, -0.2) is 12.5 Å². The maximum Gasteiger partial charge on any atom is 0.228 e. The molecule has 4 N–H and O–H groups in total. The van der Waals surface area contributed by atoms with E-state index in [1.165, 1.54) is 19.3 Å². The number of hydrogen-bond acceptors (Lipinski definition) is 3. The fourth-order valence-corrected chi connectivity index (χ4v) is 2.71. The molecule has 0 atom stereocenters. The summed E-state index contributed by atoms with van der Waals surface area (Å²) in [5, 5.41) is 6.28. The lowest BCUT2D eigenvalue weighted by Crippen LogP contribution is -2.33. The van der Waals surface area contributed by atoms with Crippen LogP contribution in [0.4, 0.5) is 17.1 Å². The van der Waals surface area contributed by atoms with Gasteiger partial charge in [0.05, 0.1) is 17.8 Å². The van der Waals surface area contributed by atoms with Gasteiger partial charge in [0.1, 0.15) is 0 Å². The second-order valence-corrected chi connectivity index (χ2v) is 5.84. The third-order valence-electron chi connectivity index (χ3n) is 4.17. The van der Waals surface area contributed by atoms with E-state index in [4.69, 9.17) is 5.73 Å². The highest BCUT2D eigenvalue weighted by molar-refractivity contribution is 6.00. The predicted octanol–water partition coefficient (Wildman–Crippen LogP) is 2.37. The van der Waals surface area contributed by atoms with Gasteiger partial charge in [0, 0.05) is 12.2 Å². The maximum atomic E-state index is 11.3. The zero-order chi connectivity index (χ0) is 12.8. The Kier molecular flexibility index (Phi) is 2.47. The molecule has 2 aliphatic rings. The van der Waals surface area contributed by atoms with Crippen LogP contribution in [-0.2, 0) is 11.2 Å². The molecule has 0 aromatic heterocycles. The van der Waals surface area contributed by atoms with Gasteiger partial charge in [-0.1, -0.05) is 13.3 Å². The molecule has 18 heavy (non-hydrogen) atoms. The number of carbonyl (C=O) groups excluding carboxylic acids is 1. The van der Waals surface area contributed by atoms with Gasteiger partial charge in [-0.05, 0) is 36.0 Å². The molecule has 0 unspecified atom stereocenters. The summed E-state index contributed by atoms with van der Waals surface area (Å²) in [7, 11) is 0. The molecule has 0 spiro atoms. The summed E-state index contributed by atoms with van der Waals surface area (Å²) in [6, 6.07) is 3.86. The van der Waals surface area contributed by atoms with Crippen molar-refractivity contribution in [1.29, 1.82) is 0 Å². The van der Waals surface area contributed by atoms with Gasteiger partial charge in [-0.15, -0.1) is 0 Å². The molecule has 1 saturated carbocycles. The molecule has 0 saturated heterocycles. The number of fused-ring (bicyclic) bond motifs is 1. The van der Waals surface area contributed by atoms with Crippen molar-refractivity contribution in [2.75, 3.05) is 22.9 Å². The van der Waals surface area contributed by atoms with Crippen molar-refractivity contribution in [2.24, 2.45) is 5.41 Å². The van der Waals surface area contributed by atoms with Gasteiger partial charge in [0.25, 0.3) is 0 Å². The lowest BCUT2D eigenvalue weighted by atomic mass is 9.70. The van der Waals surface area contributed by atoms with Crippen molar-refractivity contribution in [1.82, 2.24) is 0 Å². The predicted molar refractivity (Wildman–Crippen MR) is 73.6 cm³/mol. The van der Waals surface area contributed by atoms with Crippen LogP contribution in [0.2, 0.25) is 0 Å². The van der Waals surface area contributed by atoms with Crippen molar-refractivity contribution in [3.8, 4) is 0 Å². The number of nitrogen functional groups attached to an aromatic ring is 1. The number of rotatable bonds is 3. The molecular formula is C14H19N3O. The first-order valence-electron chi connectivity index (χ1n) is 6.52. The van der Waals surface area contributed by atoms with E-state index in [0.29, 0.717) is 11.8 Å². The average molecular weight is 245 g/mol. The maximum absolute atomic E-state index is 11.3. The van der Waals surface area contributed by atoms with Crippen molar-refractivity contribution in [3.05, 3.63) is 17.7 Å².